The van der Waals surface area contributed by atoms with Gasteiger partial charge in [0.1, 0.15) is 17.5 Å². The molecule has 4 aliphatic rings. The number of aromatic nitrogens is 2. The van der Waals surface area contributed by atoms with Crippen molar-refractivity contribution in [3.63, 3.8) is 0 Å². The van der Waals surface area contributed by atoms with Crippen LogP contribution in [0, 0.1) is 11.7 Å². The number of amides is 3. The fraction of sp³-hybridized carbons (Fsp3) is 0.514. The second kappa shape index (κ2) is 12.4. The van der Waals surface area contributed by atoms with E-state index >= 15 is 0 Å². The number of carbonyl (C=O) groups excluding carboxylic acids is 3. The first kappa shape index (κ1) is 32.7. The summed E-state index contributed by atoms with van der Waals surface area (Å²) >= 11 is 0. The van der Waals surface area contributed by atoms with Gasteiger partial charge in [0.05, 0.1) is 23.6 Å². The zero-order valence-corrected chi connectivity index (χ0v) is 28.3. The highest BCUT2D eigenvalue weighted by Crippen LogP contribution is 2.44. The average Bonchev–Trinajstić information content (AvgIpc) is 3.70. The van der Waals surface area contributed by atoms with Crippen molar-refractivity contribution in [2.45, 2.75) is 96.9 Å². The Morgan fingerprint density at radius 1 is 1.13 bits per heavy atom. The van der Waals surface area contributed by atoms with Gasteiger partial charge in [-0.2, -0.15) is 0 Å². The number of fused-ring (bicyclic) bond motifs is 4. The molecule has 0 N–H and O–H groups in total. The number of nitrogens with zero attached hydrogens (tertiary/aromatic N) is 5. The molecule has 2 aromatic heterocycles. The van der Waals surface area contributed by atoms with Gasteiger partial charge < -0.3 is 18.9 Å². The van der Waals surface area contributed by atoms with Crippen LogP contribution in [0.15, 0.2) is 55.1 Å². The second-order valence-corrected chi connectivity index (χ2v) is 14.6. The van der Waals surface area contributed by atoms with Crippen molar-refractivity contribution in [2.24, 2.45) is 5.92 Å². The Hall–Kier alpha value is -4.21. The maximum absolute atomic E-state index is 14.6. The maximum atomic E-state index is 14.6. The number of piperidine rings is 2. The number of ether oxygens (including phenoxy) is 1. The van der Waals surface area contributed by atoms with E-state index in [1.165, 1.54) is 12.1 Å². The predicted octanol–water partition coefficient (Wildman–Crippen LogP) is 6.67. The zero-order chi connectivity index (χ0) is 33.8. The Balaban J connectivity index is 1.31. The first-order valence-corrected chi connectivity index (χ1v) is 16.8. The minimum atomic E-state index is -0.667. The number of carbonyl (C=O) groups is 3. The molecule has 1 saturated carbocycles. The van der Waals surface area contributed by atoms with E-state index in [2.05, 4.69) is 17.6 Å². The van der Waals surface area contributed by atoms with Crippen molar-refractivity contribution in [1.82, 2.24) is 24.1 Å². The van der Waals surface area contributed by atoms with Gasteiger partial charge in [0.2, 0.25) is 5.91 Å². The highest BCUT2D eigenvalue weighted by atomic mass is 19.1. The topological polar surface area (TPSA) is 87.5 Å². The van der Waals surface area contributed by atoms with Crippen LogP contribution in [0.2, 0.25) is 0 Å². The molecule has 5 heterocycles. The van der Waals surface area contributed by atoms with Crippen molar-refractivity contribution in [3.05, 3.63) is 72.1 Å². The van der Waals surface area contributed by atoms with Crippen molar-refractivity contribution in [1.29, 1.82) is 0 Å². The molecule has 4 atom stereocenters. The number of benzene rings is 1. The number of hydrogen-bond donors (Lipinski definition) is 0. The minimum Gasteiger partial charge on any atom is -0.444 e. The van der Waals surface area contributed by atoms with Gasteiger partial charge >= 0.3 is 6.09 Å². The summed E-state index contributed by atoms with van der Waals surface area (Å²) in [4.78, 5) is 51.1. The van der Waals surface area contributed by atoms with E-state index in [0.717, 1.165) is 41.5 Å². The lowest BCUT2D eigenvalue weighted by atomic mass is 9.71. The van der Waals surface area contributed by atoms with E-state index in [1.807, 2.05) is 57.0 Å². The molecule has 3 aromatic rings. The highest BCUT2D eigenvalue weighted by Gasteiger charge is 2.52. The summed E-state index contributed by atoms with van der Waals surface area (Å²) in [7, 11) is 0. The van der Waals surface area contributed by atoms with Gasteiger partial charge in [0.15, 0.2) is 0 Å². The molecule has 47 heavy (non-hydrogen) atoms. The number of hydrogen-bond acceptors (Lipinski definition) is 5. The van der Waals surface area contributed by atoms with Crippen molar-refractivity contribution in [2.75, 3.05) is 19.6 Å². The molecule has 3 aliphatic heterocycles. The summed E-state index contributed by atoms with van der Waals surface area (Å²) in [6.07, 6.45) is 8.17. The fourth-order valence-electron chi connectivity index (χ4n) is 7.78. The lowest BCUT2D eigenvalue weighted by Gasteiger charge is -2.51. The van der Waals surface area contributed by atoms with Crippen LogP contribution in [0.5, 0.6) is 0 Å². The molecule has 3 saturated heterocycles. The Kier molecular flexibility index (Phi) is 8.65. The van der Waals surface area contributed by atoms with Crippen LogP contribution in [0.25, 0.3) is 16.6 Å². The summed E-state index contributed by atoms with van der Waals surface area (Å²) < 4.78 is 22.3. The van der Waals surface area contributed by atoms with E-state index in [0.29, 0.717) is 37.2 Å². The summed E-state index contributed by atoms with van der Waals surface area (Å²) in [5, 5.41) is 0. The molecule has 3 amide bonds. The largest absolute Gasteiger partial charge is 0.444 e. The Bertz CT molecular complexity index is 1720. The van der Waals surface area contributed by atoms with Gasteiger partial charge in [-0.05, 0) is 96.6 Å². The van der Waals surface area contributed by atoms with Gasteiger partial charge in [-0.15, -0.1) is 0 Å². The second-order valence-electron chi connectivity index (χ2n) is 14.6. The SMILES string of the molecule is C=C1C[C@@H]2CC[C@H]1[C@H](C(=O)N1CCC(c3cc(-c4ccc(F)cc4C(=O)N(CC)C(C)C)c4cncn4c3)C1)N2C(=O)OC(C)(C)C. The first-order chi connectivity index (χ1) is 22.3. The molecule has 7 rings (SSSR count). The van der Waals surface area contributed by atoms with Crippen LogP contribution in [0.3, 0.4) is 0 Å². The molecule has 250 valence electrons. The van der Waals surface area contributed by atoms with Gasteiger partial charge in [-0.25, -0.2) is 14.2 Å². The van der Waals surface area contributed by atoms with Crippen molar-refractivity contribution in [3.8, 4) is 11.1 Å². The fourth-order valence-corrected chi connectivity index (χ4v) is 7.78. The molecule has 9 nitrogen and oxygen atoms in total. The summed E-state index contributed by atoms with van der Waals surface area (Å²) in [6, 6.07) is 5.68. The first-order valence-electron chi connectivity index (χ1n) is 16.8. The highest BCUT2D eigenvalue weighted by molar-refractivity contribution is 6.03. The van der Waals surface area contributed by atoms with Crippen LogP contribution < -0.4 is 0 Å². The Labute approximate surface area is 276 Å². The van der Waals surface area contributed by atoms with Crippen LogP contribution in [0.4, 0.5) is 9.18 Å². The third-order valence-electron chi connectivity index (χ3n) is 10.0. The molecule has 2 bridgehead atoms. The Morgan fingerprint density at radius 3 is 2.57 bits per heavy atom. The van der Waals surface area contributed by atoms with Crippen molar-refractivity contribution < 1.29 is 23.5 Å². The minimum absolute atomic E-state index is 0.0193. The summed E-state index contributed by atoms with van der Waals surface area (Å²) in [6.45, 7) is 17.2. The molecule has 1 aliphatic carbocycles. The molecular weight excluding hydrogens is 597 g/mol. The lowest BCUT2D eigenvalue weighted by molar-refractivity contribution is -0.142. The van der Waals surface area contributed by atoms with Crippen LogP contribution in [0.1, 0.15) is 89.1 Å². The van der Waals surface area contributed by atoms with Gasteiger partial charge in [0, 0.05) is 55.3 Å². The lowest BCUT2D eigenvalue weighted by Crippen LogP contribution is -2.64. The third-order valence-corrected chi connectivity index (χ3v) is 10.0. The number of rotatable bonds is 6. The van der Waals surface area contributed by atoms with Crippen LogP contribution in [-0.2, 0) is 9.53 Å². The van der Waals surface area contributed by atoms with Gasteiger partial charge in [-0.3, -0.25) is 14.5 Å². The standard InChI is InChI=1S/C37H46FN5O4/c1-8-42(22(2)3)34(44)31-17-26(38)9-11-29(31)30-16-25(20-41-21-39-18-32(30)41)24-13-14-40(19-24)35(45)33-28-12-10-27(15-23(28)4)43(33)36(46)47-37(5,6)7/h9,11,16-18,20-22,24,27-28,33H,4,8,10,12-15,19H2,1-3,5-7H3/t24?,27-,28+,33+/m0/s1. The molecule has 4 fully saturated rings. The predicted molar refractivity (Wildman–Crippen MR) is 179 cm³/mol. The van der Waals surface area contributed by atoms with Gasteiger partial charge in [-0.1, -0.05) is 18.2 Å². The summed E-state index contributed by atoms with van der Waals surface area (Å²) in [5.74, 6) is -0.822. The number of pyridine rings is 1. The number of halogens is 1. The van der Waals surface area contributed by atoms with E-state index in [4.69, 9.17) is 4.74 Å². The average molecular weight is 644 g/mol. The smallest absolute Gasteiger partial charge is 0.411 e. The maximum Gasteiger partial charge on any atom is 0.411 e. The third kappa shape index (κ3) is 6.14. The quantitative estimate of drug-likeness (QED) is 0.280. The Morgan fingerprint density at radius 2 is 1.89 bits per heavy atom. The zero-order valence-electron chi connectivity index (χ0n) is 28.3. The van der Waals surface area contributed by atoms with E-state index in [9.17, 15) is 18.8 Å². The molecule has 1 aromatic carbocycles. The normalized spacial score (nSPS) is 22.8. The molecule has 0 radical (unpaired) electrons. The molecule has 1 unspecified atom stereocenters. The van der Waals surface area contributed by atoms with Crippen LogP contribution in [-0.4, -0.2) is 85.4 Å². The van der Waals surface area contributed by atoms with Gasteiger partial charge in [0.25, 0.3) is 5.91 Å². The number of likely N-dealkylation sites (tertiary alicyclic amines) is 1. The summed E-state index contributed by atoms with van der Waals surface area (Å²) in [5.41, 5.74) is 3.90. The molecule has 0 spiro atoms. The molecular formula is C37H46FN5O4. The van der Waals surface area contributed by atoms with E-state index < -0.39 is 23.6 Å². The number of imidazole rings is 1. The monoisotopic (exact) mass is 643 g/mol. The molecule has 10 heteroatoms. The van der Waals surface area contributed by atoms with Crippen LogP contribution >= 0.6 is 0 Å². The van der Waals surface area contributed by atoms with Crippen molar-refractivity contribution >= 4 is 23.4 Å². The van der Waals surface area contributed by atoms with E-state index in [-0.39, 0.29) is 35.7 Å². The van der Waals surface area contributed by atoms with E-state index in [1.54, 1.807) is 28.4 Å².